The van der Waals surface area contributed by atoms with Gasteiger partial charge in [-0.1, -0.05) is 17.7 Å². The molecule has 1 N–H and O–H groups in total. The van der Waals surface area contributed by atoms with Crippen LogP contribution in [0.25, 0.3) is 22.2 Å². The number of ether oxygens (including phenoxy) is 1. The van der Waals surface area contributed by atoms with Crippen LogP contribution in [0.5, 0.6) is 5.75 Å². The Hall–Kier alpha value is -3.06. The molecule has 1 aromatic carbocycles. The van der Waals surface area contributed by atoms with Crippen molar-refractivity contribution in [1.82, 2.24) is 24.1 Å². The Morgan fingerprint density at radius 1 is 1.05 bits per heavy atom. The minimum atomic E-state index is -3.98. The summed E-state index contributed by atoms with van der Waals surface area (Å²) in [6.07, 6.45) is 3.68. The second-order valence-corrected chi connectivity index (χ2v) is 11.9. The molecule has 0 bridgehead atoms. The molecular formula is C26H29BrN6O4S. The molecule has 1 saturated heterocycles. The van der Waals surface area contributed by atoms with Gasteiger partial charge in [0.05, 0.1) is 17.7 Å². The molecule has 0 atom stereocenters. The van der Waals surface area contributed by atoms with Crippen LogP contribution in [-0.4, -0.2) is 84.0 Å². The predicted molar refractivity (Wildman–Crippen MR) is 149 cm³/mol. The number of aromatic nitrogens is 4. The van der Waals surface area contributed by atoms with Gasteiger partial charge in [-0.2, -0.15) is 17.6 Å². The lowest BCUT2D eigenvalue weighted by Gasteiger charge is -2.34. The van der Waals surface area contributed by atoms with Crippen molar-refractivity contribution in [1.29, 1.82) is 0 Å². The van der Waals surface area contributed by atoms with Gasteiger partial charge in [0.15, 0.2) is 11.6 Å². The second kappa shape index (κ2) is 11.0. The van der Waals surface area contributed by atoms with Crippen LogP contribution in [0.4, 0.5) is 5.82 Å². The normalized spacial score (nSPS) is 14.8. The van der Waals surface area contributed by atoms with E-state index in [1.165, 1.54) is 6.20 Å². The third-order valence-electron chi connectivity index (χ3n) is 6.52. The molecule has 10 nitrogen and oxygen atoms in total. The summed E-state index contributed by atoms with van der Waals surface area (Å²) in [6.45, 7) is 5.68. The summed E-state index contributed by atoms with van der Waals surface area (Å²) in [5.74, 6) is 1.29. The highest BCUT2D eigenvalue weighted by Gasteiger charge is 2.26. The van der Waals surface area contributed by atoms with Crippen LogP contribution < -0.4 is 9.64 Å². The van der Waals surface area contributed by atoms with Crippen molar-refractivity contribution in [2.45, 2.75) is 18.2 Å². The molecule has 38 heavy (non-hydrogen) atoms. The summed E-state index contributed by atoms with van der Waals surface area (Å²) in [7, 11) is -1.89. The molecule has 3 aromatic heterocycles. The number of aryl methyl sites for hydroxylation is 1. The number of halogens is 1. The number of aliphatic hydroxyl groups is 1. The summed E-state index contributed by atoms with van der Waals surface area (Å²) in [5.41, 5.74) is 2.38. The lowest BCUT2D eigenvalue weighted by atomic mass is 10.1. The Kier molecular flexibility index (Phi) is 7.66. The number of aliphatic hydroxyl groups excluding tert-OH is 1. The van der Waals surface area contributed by atoms with E-state index >= 15 is 0 Å². The molecule has 0 amide bonds. The van der Waals surface area contributed by atoms with E-state index < -0.39 is 10.0 Å². The van der Waals surface area contributed by atoms with Gasteiger partial charge in [-0.25, -0.2) is 9.97 Å². The fourth-order valence-electron chi connectivity index (χ4n) is 4.35. The number of piperazine rings is 1. The summed E-state index contributed by atoms with van der Waals surface area (Å²) < 4.78 is 34.9. The predicted octanol–water partition coefficient (Wildman–Crippen LogP) is 3.31. The van der Waals surface area contributed by atoms with E-state index in [-0.39, 0.29) is 11.5 Å². The van der Waals surface area contributed by atoms with Crippen molar-refractivity contribution in [3.8, 4) is 17.0 Å². The SMILES string of the molecule is Cc1ccc(S(=O)(=O)n2nc(-c3cnc(N4CCN(C)CC4)c(OCCCO)c3)c3cc(Br)ncc32)cc1. The zero-order valence-electron chi connectivity index (χ0n) is 21.2. The molecule has 0 aliphatic carbocycles. The Morgan fingerprint density at radius 2 is 1.79 bits per heavy atom. The molecule has 4 aromatic rings. The molecule has 1 aliphatic heterocycles. The van der Waals surface area contributed by atoms with Crippen LogP contribution in [0, 0.1) is 6.92 Å². The zero-order valence-corrected chi connectivity index (χ0v) is 23.6. The van der Waals surface area contributed by atoms with E-state index in [9.17, 15) is 13.5 Å². The molecule has 0 saturated carbocycles. The monoisotopic (exact) mass is 600 g/mol. The van der Waals surface area contributed by atoms with Crippen LogP contribution in [0.3, 0.4) is 0 Å². The van der Waals surface area contributed by atoms with E-state index in [1.54, 1.807) is 36.5 Å². The van der Waals surface area contributed by atoms with E-state index in [1.807, 2.05) is 13.0 Å². The maximum Gasteiger partial charge on any atom is 0.283 e. The Labute approximate surface area is 230 Å². The fourth-order valence-corrected chi connectivity index (χ4v) is 5.95. The first kappa shape index (κ1) is 26.5. The van der Waals surface area contributed by atoms with Crippen LogP contribution >= 0.6 is 15.9 Å². The first-order valence-electron chi connectivity index (χ1n) is 12.3. The van der Waals surface area contributed by atoms with Crippen LogP contribution in [0.15, 0.2) is 58.3 Å². The molecule has 200 valence electrons. The third-order valence-corrected chi connectivity index (χ3v) is 8.55. The number of nitrogens with zero attached hydrogens (tertiary/aromatic N) is 6. The molecule has 1 fully saturated rings. The second-order valence-electron chi connectivity index (χ2n) is 9.30. The highest BCUT2D eigenvalue weighted by molar-refractivity contribution is 9.10. The van der Waals surface area contributed by atoms with Crippen molar-refractivity contribution in [2.24, 2.45) is 0 Å². The fraction of sp³-hybridized carbons (Fsp3) is 0.346. The number of rotatable bonds is 8. The zero-order chi connectivity index (χ0) is 26.9. The minimum absolute atomic E-state index is 0.0178. The lowest BCUT2D eigenvalue weighted by molar-refractivity contribution is 0.233. The van der Waals surface area contributed by atoms with Gasteiger partial charge >= 0.3 is 0 Å². The summed E-state index contributed by atoms with van der Waals surface area (Å²) in [4.78, 5) is 13.6. The lowest BCUT2D eigenvalue weighted by Crippen LogP contribution is -2.45. The van der Waals surface area contributed by atoms with Gasteiger partial charge in [-0.05, 0) is 54.2 Å². The highest BCUT2D eigenvalue weighted by Crippen LogP contribution is 2.36. The molecule has 1 aliphatic rings. The number of hydrogen-bond donors (Lipinski definition) is 1. The van der Waals surface area contributed by atoms with Gasteiger partial charge in [0.25, 0.3) is 10.0 Å². The van der Waals surface area contributed by atoms with Gasteiger partial charge < -0.3 is 19.6 Å². The van der Waals surface area contributed by atoms with E-state index in [0.29, 0.717) is 45.5 Å². The maximum absolute atomic E-state index is 13.6. The topological polar surface area (TPSA) is 114 Å². The molecule has 5 rings (SSSR count). The third kappa shape index (κ3) is 5.26. The average molecular weight is 602 g/mol. The standard InChI is InChI=1S/C26H29BrN6O4S/c1-18-4-6-20(7-5-18)38(35,36)33-22-17-28-24(27)15-21(22)25(30-33)19-14-23(37-13-3-12-34)26(29-16-19)32-10-8-31(2)9-11-32/h4-7,14-17,34H,3,8-13H2,1-2H3. The molecule has 12 heteroatoms. The summed E-state index contributed by atoms with van der Waals surface area (Å²) in [5, 5.41) is 14.4. The van der Waals surface area contributed by atoms with Crippen molar-refractivity contribution in [3.05, 3.63) is 59.0 Å². The minimum Gasteiger partial charge on any atom is -0.490 e. The molecule has 0 unspecified atom stereocenters. The number of fused-ring (bicyclic) bond motifs is 1. The Bertz CT molecular complexity index is 1550. The average Bonchev–Trinajstić information content (AvgIpc) is 3.29. The Morgan fingerprint density at radius 3 is 2.50 bits per heavy atom. The van der Waals surface area contributed by atoms with E-state index in [2.05, 4.69) is 42.9 Å². The molecule has 0 spiro atoms. The van der Waals surface area contributed by atoms with Gasteiger partial charge in [-0.15, -0.1) is 0 Å². The van der Waals surface area contributed by atoms with E-state index in [0.717, 1.165) is 41.6 Å². The van der Waals surface area contributed by atoms with Crippen molar-refractivity contribution in [2.75, 3.05) is 51.3 Å². The molecule has 0 radical (unpaired) electrons. The van der Waals surface area contributed by atoms with Gasteiger partial charge in [-0.3, -0.25) is 0 Å². The van der Waals surface area contributed by atoms with Crippen molar-refractivity contribution < 1.29 is 18.3 Å². The van der Waals surface area contributed by atoms with Crippen LogP contribution in [0.1, 0.15) is 12.0 Å². The van der Waals surface area contributed by atoms with Gasteiger partial charge in [0, 0.05) is 56.4 Å². The number of benzene rings is 1. The number of likely N-dealkylation sites (N-methyl/N-ethyl adjacent to an activating group) is 1. The smallest absolute Gasteiger partial charge is 0.283 e. The summed E-state index contributed by atoms with van der Waals surface area (Å²) >= 11 is 3.40. The number of pyridine rings is 2. The first-order chi connectivity index (χ1) is 18.3. The van der Waals surface area contributed by atoms with Crippen LogP contribution in [-0.2, 0) is 10.0 Å². The molecular weight excluding hydrogens is 572 g/mol. The van der Waals surface area contributed by atoms with Crippen molar-refractivity contribution in [3.63, 3.8) is 0 Å². The maximum atomic E-state index is 13.6. The molecule has 4 heterocycles. The highest BCUT2D eigenvalue weighted by atomic mass is 79.9. The first-order valence-corrected chi connectivity index (χ1v) is 14.6. The summed E-state index contributed by atoms with van der Waals surface area (Å²) in [6, 6.07) is 10.3. The largest absolute Gasteiger partial charge is 0.490 e. The van der Waals surface area contributed by atoms with Crippen molar-refractivity contribution >= 4 is 42.7 Å². The van der Waals surface area contributed by atoms with Crippen LogP contribution in [0.2, 0.25) is 0 Å². The number of anilines is 1. The quantitative estimate of drug-likeness (QED) is 0.240. The Balaban J connectivity index is 1.62. The van der Waals surface area contributed by atoms with Gasteiger partial charge in [0.1, 0.15) is 15.8 Å². The number of hydrogen-bond acceptors (Lipinski definition) is 9. The van der Waals surface area contributed by atoms with Gasteiger partial charge in [0.2, 0.25) is 0 Å². The van der Waals surface area contributed by atoms with E-state index in [4.69, 9.17) is 9.72 Å².